The van der Waals surface area contributed by atoms with E-state index in [-0.39, 0.29) is 17.2 Å². The van der Waals surface area contributed by atoms with Gasteiger partial charge in [-0.3, -0.25) is 14.2 Å². The summed E-state index contributed by atoms with van der Waals surface area (Å²) in [6.07, 6.45) is 0. The van der Waals surface area contributed by atoms with Crippen LogP contribution in [0.15, 0.2) is 76.7 Å². The number of nitrogens with zero attached hydrogens (tertiary/aromatic N) is 3. The first-order chi connectivity index (χ1) is 15.1. The Morgan fingerprint density at radius 3 is 2.45 bits per heavy atom. The number of hydrogen-bond acceptors (Lipinski definition) is 5. The summed E-state index contributed by atoms with van der Waals surface area (Å²) < 4.78 is 2.18. The van der Waals surface area contributed by atoms with E-state index in [0.29, 0.717) is 28.5 Å². The van der Waals surface area contributed by atoms with E-state index in [4.69, 9.17) is 0 Å². The van der Waals surface area contributed by atoms with E-state index in [1.54, 1.807) is 11.6 Å². The molecule has 0 bridgehead atoms. The van der Waals surface area contributed by atoms with Crippen LogP contribution in [0.2, 0.25) is 0 Å². The van der Waals surface area contributed by atoms with Crippen LogP contribution in [-0.2, 0) is 18.4 Å². The van der Waals surface area contributed by atoms with E-state index in [2.05, 4.69) is 4.98 Å². The molecule has 0 unspecified atom stereocenters. The molecule has 2 aromatic heterocycles. The van der Waals surface area contributed by atoms with Crippen LogP contribution >= 0.6 is 23.1 Å². The third-order valence-corrected chi connectivity index (χ3v) is 7.22. The number of hydrogen-bond donors (Lipinski definition) is 0. The van der Waals surface area contributed by atoms with Gasteiger partial charge in [-0.15, -0.1) is 11.3 Å². The van der Waals surface area contributed by atoms with Crippen LogP contribution in [0, 0.1) is 0 Å². The number of rotatable bonds is 7. The van der Waals surface area contributed by atoms with Gasteiger partial charge in [0, 0.05) is 25.0 Å². The fourth-order valence-electron chi connectivity index (χ4n) is 3.31. The Morgan fingerprint density at radius 1 is 1.10 bits per heavy atom. The quantitative estimate of drug-likeness (QED) is 0.300. The van der Waals surface area contributed by atoms with Crippen LogP contribution in [-0.4, -0.2) is 32.7 Å². The summed E-state index contributed by atoms with van der Waals surface area (Å²) in [5.41, 5.74) is 2.76. The average Bonchev–Trinajstić information content (AvgIpc) is 3.24. The van der Waals surface area contributed by atoms with Crippen molar-refractivity contribution in [1.82, 2.24) is 14.5 Å². The maximum absolute atomic E-state index is 12.9. The highest BCUT2D eigenvalue weighted by molar-refractivity contribution is 7.99. The lowest BCUT2D eigenvalue weighted by Gasteiger charge is -2.21. The summed E-state index contributed by atoms with van der Waals surface area (Å²) >= 11 is 2.76. The third kappa shape index (κ3) is 4.73. The lowest BCUT2D eigenvalue weighted by molar-refractivity contribution is -0.128. The molecule has 1 amide bonds. The van der Waals surface area contributed by atoms with Gasteiger partial charge in [-0.2, -0.15) is 0 Å². The summed E-state index contributed by atoms with van der Waals surface area (Å²) in [6, 6.07) is 21.9. The number of thioether (sulfide) groups is 1. The van der Waals surface area contributed by atoms with Crippen molar-refractivity contribution in [1.29, 1.82) is 0 Å². The highest BCUT2D eigenvalue weighted by Gasteiger charge is 2.17. The minimum Gasteiger partial charge on any atom is -0.338 e. The molecule has 0 radical (unpaired) electrons. The van der Waals surface area contributed by atoms with Gasteiger partial charge in [-0.05, 0) is 24.1 Å². The molecule has 5 nitrogen and oxygen atoms in total. The van der Waals surface area contributed by atoms with E-state index in [1.165, 1.54) is 23.1 Å². The van der Waals surface area contributed by atoms with Gasteiger partial charge in [0.1, 0.15) is 4.70 Å². The highest BCUT2D eigenvalue weighted by atomic mass is 32.2. The smallest absolute Gasteiger partial charge is 0.271 e. The van der Waals surface area contributed by atoms with Gasteiger partial charge < -0.3 is 4.90 Å². The predicted molar refractivity (Wildman–Crippen MR) is 129 cm³/mol. The first-order valence-electron chi connectivity index (χ1n) is 10.1. The van der Waals surface area contributed by atoms with Crippen LogP contribution in [0.25, 0.3) is 20.7 Å². The first kappa shape index (κ1) is 21.3. The normalized spacial score (nSPS) is 11.0. The second kappa shape index (κ2) is 9.49. The Bertz CT molecular complexity index is 1250. The number of amides is 1. The Hall–Kier alpha value is -2.90. The molecule has 0 aliphatic heterocycles. The molecule has 0 saturated heterocycles. The van der Waals surface area contributed by atoms with Crippen molar-refractivity contribution in [2.45, 2.75) is 18.6 Å². The SMILES string of the molecule is CCN(Cc1ccccc1)C(=O)CSc1nc2cc(-c3ccccc3)sc2c(=O)n1C. The summed E-state index contributed by atoms with van der Waals surface area (Å²) in [6.45, 7) is 3.18. The van der Waals surface area contributed by atoms with Crippen LogP contribution in [0.5, 0.6) is 0 Å². The van der Waals surface area contributed by atoms with Crippen molar-refractivity contribution in [3.05, 3.63) is 82.6 Å². The maximum Gasteiger partial charge on any atom is 0.271 e. The molecule has 2 heterocycles. The van der Waals surface area contributed by atoms with Gasteiger partial charge in [0.25, 0.3) is 5.56 Å². The Kier molecular flexibility index (Phi) is 6.53. The summed E-state index contributed by atoms with van der Waals surface area (Å²) in [7, 11) is 1.71. The second-order valence-electron chi connectivity index (χ2n) is 7.13. The predicted octanol–water partition coefficient (Wildman–Crippen LogP) is 4.80. The molecule has 0 N–H and O–H groups in total. The van der Waals surface area contributed by atoms with E-state index < -0.39 is 0 Å². The molecule has 0 saturated carbocycles. The van der Waals surface area contributed by atoms with Crippen LogP contribution < -0.4 is 5.56 Å². The summed E-state index contributed by atoms with van der Waals surface area (Å²) in [4.78, 5) is 33.2. The lowest BCUT2D eigenvalue weighted by Crippen LogP contribution is -2.32. The average molecular weight is 450 g/mol. The number of fused-ring (bicyclic) bond motifs is 1. The van der Waals surface area contributed by atoms with Crippen LogP contribution in [0.4, 0.5) is 0 Å². The summed E-state index contributed by atoms with van der Waals surface area (Å²) in [5.74, 6) is 0.267. The zero-order chi connectivity index (χ0) is 21.8. The van der Waals surface area contributed by atoms with Gasteiger partial charge >= 0.3 is 0 Å². The van der Waals surface area contributed by atoms with Gasteiger partial charge in [0.2, 0.25) is 5.91 Å². The molecule has 0 fully saturated rings. The fraction of sp³-hybridized carbons (Fsp3) is 0.208. The van der Waals surface area contributed by atoms with Gasteiger partial charge in [0.05, 0.1) is 11.3 Å². The van der Waals surface area contributed by atoms with E-state index in [0.717, 1.165) is 16.0 Å². The zero-order valence-electron chi connectivity index (χ0n) is 17.4. The topological polar surface area (TPSA) is 55.2 Å². The molecule has 0 spiro atoms. The van der Waals surface area contributed by atoms with Gasteiger partial charge in [-0.25, -0.2) is 4.98 Å². The van der Waals surface area contributed by atoms with Crippen molar-refractivity contribution in [2.24, 2.45) is 7.05 Å². The molecule has 0 atom stereocenters. The first-order valence-corrected chi connectivity index (χ1v) is 11.9. The molecule has 31 heavy (non-hydrogen) atoms. The summed E-state index contributed by atoms with van der Waals surface area (Å²) in [5, 5.41) is 0.555. The van der Waals surface area contributed by atoms with Crippen molar-refractivity contribution < 1.29 is 4.79 Å². The minimum absolute atomic E-state index is 0.0287. The Balaban J connectivity index is 1.53. The van der Waals surface area contributed by atoms with Crippen LogP contribution in [0.3, 0.4) is 0 Å². The molecular formula is C24H23N3O2S2. The number of carbonyl (C=O) groups excluding carboxylic acids is 1. The molecule has 0 aliphatic carbocycles. The Labute approximate surface area is 189 Å². The van der Waals surface area contributed by atoms with E-state index >= 15 is 0 Å². The largest absolute Gasteiger partial charge is 0.338 e. The maximum atomic E-state index is 12.9. The van der Waals surface area contributed by atoms with E-state index in [9.17, 15) is 9.59 Å². The number of carbonyl (C=O) groups is 1. The molecule has 2 aromatic carbocycles. The molecule has 4 rings (SSSR count). The van der Waals surface area contributed by atoms with Crippen molar-refractivity contribution in [3.8, 4) is 10.4 Å². The highest BCUT2D eigenvalue weighted by Crippen LogP contribution is 2.31. The monoisotopic (exact) mass is 449 g/mol. The fourth-order valence-corrected chi connectivity index (χ4v) is 5.26. The van der Waals surface area contributed by atoms with Crippen LogP contribution in [0.1, 0.15) is 12.5 Å². The second-order valence-corrected chi connectivity index (χ2v) is 9.13. The Morgan fingerprint density at radius 2 is 1.77 bits per heavy atom. The van der Waals surface area contributed by atoms with Crippen molar-refractivity contribution >= 4 is 39.2 Å². The number of benzene rings is 2. The molecule has 7 heteroatoms. The third-order valence-electron chi connectivity index (χ3n) is 5.05. The number of aromatic nitrogens is 2. The number of thiophene rings is 1. The standard InChI is InChI=1S/C24H23N3O2S2/c1-3-27(15-17-10-6-4-7-11-17)21(28)16-30-24-25-19-14-20(18-12-8-5-9-13-18)31-22(19)23(29)26(24)2/h4-14H,3,15-16H2,1-2H3. The van der Waals surface area contributed by atoms with Crippen molar-refractivity contribution in [2.75, 3.05) is 12.3 Å². The molecule has 158 valence electrons. The van der Waals surface area contributed by atoms with Gasteiger partial charge in [0.15, 0.2) is 5.16 Å². The van der Waals surface area contributed by atoms with Crippen molar-refractivity contribution in [3.63, 3.8) is 0 Å². The molecular weight excluding hydrogens is 426 g/mol. The van der Waals surface area contributed by atoms with Gasteiger partial charge in [-0.1, -0.05) is 72.4 Å². The minimum atomic E-state index is -0.0798. The molecule has 4 aromatic rings. The van der Waals surface area contributed by atoms with E-state index in [1.807, 2.05) is 78.6 Å². The molecule has 0 aliphatic rings. The lowest BCUT2D eigenvalue weighted by atomic mass is 10.2. The zero-order valence-corrected chi connectivity index (χ0v) is 19.1.